The summed E-state index contributed by atoms with van der Waals surface area (Å²) in [5.41, 5.74) is -1.16. The fourth-order valence-corrected chi connectivity index (χ4v) is 1.01. The zero-order chi connectivity index (χ0) is 10.9. The second-order valence-electron chi connectivity index (χ2n) is 2.76. The number of halogens is 4. The summed E-state index contributed by atoms with van der Waals surface area (Å²) in [6.45, 7) is 0. The molecule has 0 radical (unpaired) electrons. The molecule has 0 aliphatic carbocycles. The number of aromatic nitrogens is 2. The third-order valence-corrected chi connectivity index (χ3v) is 1.71. The molecule has 0 aliphatic rings. The summed E-state index contributed by atoms with van der Waals surface area (Å²) in [7, 11) is 3.27. The van der Waals surface area contributed by atoms with Crippen LogP contribution in [0.25, 0.3) is 0 Å². The van der Waals surface area contributed by atoms with Crippen molar-refractivity contribution in [2.45, 2.75) is 6.18 Å². The summed E-state index contributed by atoms with van der Waals surface area (Å²) in [4.78, 5) is 8.27. The minimum absolute atomic E-state index is 0.281. The predicted molar refractivity (Wildman–Crippen MR) is 46.4 cm³/mol. The Balaban J connectivity index is 3.15. The van der Waals surface area contributed by atoms with E-state index in [4.69, 9.17) is 11.6 Å². The molecule has 7 heteroatoms. The van der Waals surface area contributed by atoms with Gasteiger partial charge >= 0.3 is 6.18 Å². The molecule has 0 aromatic carbocycles. The van der Waals surface area contributed by atoms with E-state index in [2.05, 4.69) is 9.97 Å². The first-order valence-electron chi connectivity index (χ1n) is 3.59. The fourth-order valence-electron chi connectivity index (χ4n) is 0.764. The van der Waals surface area contributed by atoms with E-state index in [1.807, 2.05) is 0 Å². The number of anilines is 1. The zero-order valence-corrected chi connectivity index (χ0v) is 8.19. The van der Waals surface area contributed by atoms with Crippen LogP contribution in [0.15, 0.2) is 6.20 Å². The average Bonchev–Trinajstić information content (AvgIpc) is 2.01. The smallest absolute Gasteiger partial charge is 0.361 e. The third-order valence-electron chi connectivity index (χ3n) is 1.44. The van der Waals surface area contributed by atoms with Crippen molar-refractivity contribution < 1.29 is 13.2 Å². The van der Waals surface area contributed by atoms with Crippen molar-refractivity contribution >= 4 is 17.4 Å². The number of hydrogen-bond acceptors (Lipinski definition) is 3. The Morgan fingerprint density at radius 3 is 2.29 bits per heavy atom. The predicted octanol–water partition coefficient (Wildman–Crippen LogP) is 2.21. The highest BCUT2D eigenvalue weighted by atomic mass is 35.5. The molecule has 0 N–H and O–H groups in total. The van der Waals surface area contributed by atoms with Crippen molar-refractivity contribution in [3.05, 3.63) is 17.0 Å². The number of hydrogen-bond donors (Lipinski definition) is 0. The van der Waals surface area contributed by atoms with E-state index in [-0.39, 0.29) is 5.82 Å². The quantitative estimate of drug-likeness (QED) is 0.734. The second kappa shape index (κ2) is 3.61. The number of rotatable bonds is 1. The Bertz CT molecular complexity index is 337. The van der Waals surface area contributed by atoms with Crippen molar-refractivity contribution in [1.29, 1.82) is 0 Å². The Hall–Kier alpha value is -1.04. The first-order valence-corrected chi connectivity index (χ1v) is 3.97. The summed E-state index contributed by atoms with van der Waals surface area (Å²) in [6.07, 6.45) is -3.54. The van der Waals surface area contributed by atoms with Gasteiger partial charge in [0.1, 0.15) is 5.82 Å². The van der Waals surface area contributed by atoms with Crippen molar-refractivity contribution in [3.63, 3.8) is 0 Å². The Morgan fingerprint density at radius 2 is 1.93 bits per heavy atom. The van der Waals surface area contributed by atoms with Gasteiger partial charge in [-0.2, -0.15) is 13.2 Å². The van der Waals surface area contributed by atoms with Gasteiger partial charge in [0.25, 0.3) is 0 Å². The van der Waals surface area contributed by atoms with Gasteiger partial charge in [-0.3, -0.25) is 0 Å². The maximum absolute atomic E-state index is 12.2. The van der Waals surface area contributed by atoms with E-state index in [0.717, 1.165) is 6.20 Å². The molecule has 0 saturated heterocycles. The van der Waals surface area contributed by atoms with Crippen LogP contribution in [0, 0.1) is 0 Å². The number of nitrogens with zero attached hydrogens (tertiary/aromatic N) is 3. The van der Waals surface area contributed by atoms with Gasteiger partial charge in [0.15, 0.2) is 10.8 Å². The summed E-state index contributed by atoms with van der Waals surface area (Å²) in [5.74, 6) is 0.281. The van der Waals surface area contributed by atoms with Crippen LogP contribution >= 0.6 is 11.6 Å². The fraction of sp³-hybridized carbons (Fsp3) is 0.429. The Kier molecular flexibility index (Phi) is 2.84. The molecule has 0 saturated carbocycles. The van der Waals surface area contributed by atoms with Crippen molar-refractivity contribution in [2.24, 2.45) is 0 Å². The molecule has 0 atom stereocenters. The highest BCUT2D eigenvalue weighted by Gasteiger charge is 2.36. The average molecular weight is 226 g/mol. The Labute approximate surface area is 83.5 Å². The van der Waals surface area contributed by atoms with Crippen molar-refractivity contribution in [2.75, 3.05) is 19.0 Å². The lowest BCUT2D eigenvalue weighted by molar-refractivity contribution is -0.141. The minimum atomic E-state index is -4.56. The molecule has 14 heavy (non-hydrogen) atoms. The normalized spacial score (nSPS) is 11.6. The van der Waals surface area contributed by atoms with Crippen molar-refractivity contribution in [3.8, 4) is 0 Å². The van der Waals surface area contributed by atoms with E-state index < -0.39 is 17.0 Å². The molecule has 1 rings (SSSR count). The van der Waals surface area contributed by atoms with Crippen LogP contribution in [-0.4, -0.2) is 24.1 Å². The van der Waals surface area contributed by atoms with Gasteiger partial charge in [0, 0.05) is 14.1 Å². The molecule has 0 amide bonds. The molecule has 0 spiro atoms. The summed E-state index contributed by atoms with van der Waals surface area (Å²) in [5, 5.41) is -0.635. The lowest BCUT2D eigenvalue weighted by Gasteiger charge is -2.12. The SMILES string of the molecule is CN(C)c1cnc(C(F)(F)F)c(Cl)n1. The van der Waals surface area contributed by atoms with Crippen LogP contribution in [0.3, 0.4) is 0 Å². The number of alkyl halides is 3. The van der Waals surface area contributed by atoms with Crippen LogP contribution in [0.2, 0.25) is 5.15 Å². The molecule has 0 fully saturated rings. The molecule has 0 aliphatic heterocycles. The van der Waals surface area contributed by atoms with Crippen LogP contribution in [0.1, 0.15) is 5.69 Å². The molecule has 1 heterocycles. The van der Waals surface area contributed by atoms with Crippen LogP contribution in [0.4, 0.5) is 19.0 Å². The van der Waals surface area contributed by atoms with E-state index in [1.54, 1.807) is 14.1 Å². The van der Waals surface area contributed by atoms with Crippen molar-refractivity contribution in [1.82, 2.24) is 9.97 Å². The van der Waals surface area contributed by atoms with Gasteiger partial charge in [0.05, 0.1) is 6.20 Å². The van der Waals surface area contributed by atoms with Crippen LogP contribution in [0.5, 0.6) is 0 Å². The van der Waals surface area contributed by atoms with E-state index in [9.17, 15) is 13.2 Å². The molecular weight excluding hydrogens is 219 g/mol. The summed E-state index contributed by atoms with van der Waals surface area (Å²) in [6, 6.07) is 0. The molecular formula is C7H7ClF3N3. The highest BCUT2D eigenvalue weighted by Crippen LogP contribution is 2.32. The van der Waals surface area contributed by atoms with Gasteiger partial charge in [0.2, 0.25) is 0 Å². The molecule has 78 valence electrons. The largest absolute Gasteiger partial charge is 0.436 e. The first kappa shape index (κ1) is 11.0. The first-order chi connectivity index (χ1) is 6.32. The van der Waals surface area contributed by atoms with Crippen LogP contribution < -0.4 is 4.90 Å². The second-order valence-corrected chi connectivity index (χ2v) is 3.12. The monoisotopic (exact) mass is 225 g/mol. The molecule has 1 aromatic heterocycles. The topological polar surface area (TPSA) is 29.0 Å². The molecule has 1 aromatic rings. The third kappa shape index (κ3) is 2.25. The molecule has 3 nitrogen and oxygen atoms in total. The minimum Gasteiger partial charge on any atom is -0.361 e. The van der Waals surface area contributed by atoms with Gasteiger partial charge in [-0.1, -0.05) is 11.6 Å². The lowest BCUT2D eigenvalue weighted by atomic mass is 10.4. The summed E-state index contributed by atoms with van der Waals surface area (Å²) >= 11 is 5.34. The zero-order valence-electron chi connectivity index (χ0n) is 7.43. The van der Waals surface area contributed by atoms with Gasteiger partial charge in [-0.25, -0.2) is 9.97 Å². The highest BCUT2D eigenvalue weighted by molar-refractivity contribution is 6.30. The van der Waals surface area contributed by atoms with Gasteiger partial charge in [-0.05, 0) is 0 Å². The van der Waals surface area contributed by atoms with Gasteiger partial charge < -0.3 is 4.90 Å². The Morgan fingerprint density at radius 1 is 1.36 bits per heavy atom. The lowest BCUT2D eigenvalue weighted by Crippen LogP contribution is -2.15. The maximum atomic E-state index is 12.2. The van der Waals surface area contributed by atoms with Crippen LogP contribution in [-0.2, 0) is 6.18 Å². The van der Waals surface area contributed by atoms with E-state index >= 15 is 0 Å². The summed E-state index contributed by atoms with van der Waals surface area (Å²) < 4.78 is 36.5. The molecule has 0 bridgehead atoms. The standard InChI is InChI=1S/C7H7ClF3N3/c1-14(2)4-3-12-5(6(8)13-4)7(9,10)11/h3H,1-2H3. The van der Waals surface area contributed by atoms with E-state index in [1.165, 1.54) is 4.90 Å². The molecule has 0 unspecified atom stereocenters. The van der Waals surface area contributed by atoms with Gasteiger partial charge in [-0.15, -0.1) is 0 Å². The van der Waals surface area contributed by atoms with E-state index in [0.29, 0.717) is 0 Å². The maximum Gasteiger partial charge on any atom is 0.436 e.